The molecule has 0 N–H and O–H groups in total. The number of aromatic nitrogens is 4. The van der Waals surface area contributed by atoms with Crippen LogP contribution in [0.5, 0.6) is 0 Å². The van der Waals surface area contributed by atoms with Crippen molar-refractivity contribution in [1.82, 2.24) is 19.7 Å². The number of hydrazone groups is 1. The van der Waals surface area contributed by atoms with Crippen molar-refractivity contribution in [3.8, 4) is 5.69 Å². The number of fused-ring (bicyclic) bond motifs is 1. The molecule has 0 saturated heterocycles. The molecule has 0 bridgehead atoms. The van der Waals surface area contributed by atoms with Crippen molar-refractivity contribution in [2.45, 2.75) is 0 Å². The number of hydrogen-bond donors (Lipinski definition) is 0. The van der Waals surface area contributed by atoms with Crippen molar-refractivity contribution >= 4 is 33.9 Å². The van der Waals surface area contributed by atoms with Crippen LogP contribution in [-0.4, -0.2) is 25.5 Å². The van der Waals surface area contributed by atoms with Gasteiger partial charge in [-0.15, -0.1) is 0 Å². The second kappa shape index (κ2) is 7.20. The molecule has 6 nitrogen and oxygen atoms in total. The zero-order chi connectivity index (χ0) is 20.7. The molecular weight excluding hydrogens is 403 g/mol. The quantitative estimate of drug-likeness (QED) is 0.476. The molecule has 5 rings (SSSR count). The maximum absolute atomic E-state index is 13.9. The van der Waals surface area contributed by atoms with Gasteiger partial charge in [0.05, 0.1) is 40.0 Å². The maximum Gasteiger partial charge on any atom is 0.124 e. The number of allylic oxidation sites excluding steroid dienone is 2. The van der Waals surface area contributed by atoms with E-state index in [9.17, 15) is 4.39 Å². The van der Waals surface area contributed by atoms with E-state index in [1.165, 1.54) is 12.1 Å². The molecule has 0 fully saturated rings. The van der Waals surface area contributed by atoms with E-state index in [2.05, 4.69) is 21.6 Å². The number of pyridine rings is 2. The first kappa shape index (κ1) is 18.2. The van der Waals surface area contributed by atoms with Gasteiger partial charge < -0.3 is 0 Å². The van der Waals surface area contributed by atoms with Crippen molar-refractivity contribution in [3.63, 3.8) is 0 Å². The van der Waals surface area contributed by atoms with Gasteiger partial charge in [-0.05, 0) is 48.0 Å². The Balaban J connectivity index is 1.64. The van der Waals surface area contributed by atoms with Crippen molar-refractivity contribution < 1.29 is 4.39 Å². The Hall–Kier alpha value is -3.84. The Labute approximate surface area is 176 Å². The van der Waals surface area contributed by atoms with Gasteiger partial charge in [0.25, 0.3) is 0 Å². The molecule has 1 aromatic carbocycles. The van der Waals surface area contributed by atoms with Gasteiger partial charge >= 0.3 is 0 Å². The van der Waals surface area contributed by atoms with E-state index >= 15 is 0 Å². The van der Waals surface area contributed by atoms with Crippen LogP contribution < -0.4 is 5.01 Å². The first-order valence-electron chi connectivity index (χ1n) is 9.05. The molecule has 4 heterocycles. The molecule has 0 spiro atoms. The molecule has 0 radical (unpaired) electrons. The fraction of sp³-hybridized carbons (Fsp3) is 0. The highest BCUT2D eigenvalue weighted by Crippen LogP contribution is 2.26. The van der Waals surface area contributed by atoms with E-state index in [0.29, 0.717) is 44.3 Å². The number of benzene rings is 1. The normalized spacial score (nSPS) is 13.7. The molecule has 1 aliphatic heterocycles. The predicted octanol–water partition coefficient (Wildman–Crippen LogP) is 4.90. The van der Waals surface area contributed by atoms with Crippen LogP contribution in [0.25, 0.3) is 16.6 Å². The zero-order valence-electron chi connectivity index (χ0n) is 15.6. The third-order valence-corrected chi connectivity index (χ3v) is 4.88. The Morgan fingerprint density at radius 1 is 1.03 bits per heavy atom. The third kappa shape index (κ3) is 3.15. The largest absolute Gasteiger partial charge is 0.261 e. The summed E-state index contributed by atoms with van der Waals surface area (Å²) in [5.41, 5.74) is 4.13. The van der Waals surface area contributed by atoms with E-state index in [-0.39, 0.29) is 5.82 Å². The minimum atomic E-state index is -0.340. The first-order valence-corrected chi connectivity index (χ1v) is 9.43. The van der Waals surface area contributed by atoms with Crippen LogP contribution in [-0.2, 0) is 0 Å². The Kier molecular flexibility index (Phi) is 4.37. The molecule has 1 aliphatic rings. The Bertz CT molecular complexity index is 1360. The van der Waals surface area contributed by atoms with Gasteiger partial charge in [-0.25, -0.2) is 14.1 Å². The highest BCUT2D eigenvalue weighted by atomic mass is 35.5. The molecule has 0 atom stereocenters. The molecule has 8 heteroatoms. The topological polar surface area (TPSA) is 59.2 Å². The van der Waals surface area contributed by atoms with Gasteiger partial charge in [-0.1, -0.05) is 18.2 Å². The summed E-state index contributed by atoms with van der Waals surface area (Å²) in [5.74, 6) is -0.340. The van der Waals surface area contributed by atoms with Gasteiger partial charge in [0, 0.05) is 24.0 Å². The number of hydrogen-bond acceptors (Lipinski definition) is 5. The standard InChI is InChI=1S/C22H14ClFN6/c1-14-6-9-29(17-10-15(23)12-25-13-17)28-22(14)21-5-8-27-30(21)20-4-7-26-19-3-2-16(24)11-18(19)20/h2-13H,1H2. The lowest BCUT2D eigenvalue weighted by atomic mass is 10.1. The van der Waals surface area contributed by atoms with Crippen LogP contribution in [0.4, 0.5) is 10.1 Å². The number of rotatable bonds is 3. The predicted molar refractivity (Wildman–Crippen MR) is 115 cm³/mol. The highest BCUT2D eigenvalue weighted by Gasteiger charge is 2.20. The molecule has 0 amide bonds. The number of halogens is 2. The van der Waals surface area contributed by atoms with Gasteiger partial charge in [0.1, 0.15) is 11.5 Å². The van der Waals surface area contributed by atoms with Crippen molar-refractivity contribution in [2.75, 3.05) is 5.01 Å². The smallest absolute Gasteiger partial charge is 0.124 e. The van der Waals surface area contributed by atoms with Crippen molar-refractivity contribution in [2.24, 2.45) is 5.10 Å². The molecule has 146 valence electrons. The molecule has 0 unspecified atom stereocenters. The van der Waals surface area contributed by atoms with Gasteiger partial charge in [-0.2, -0.15) is 10.2 Å². The molecule has 0 saturated carbocycles. The van der Waals surface area contributed by atoms with Crippen LogP contribution in [0.2, 0.25) is 5.02 Å². The van der Waals surface area contributed by atoms with E-state index < -0.39 is 0 Å². The average Bonchev–Trinajstić information content (AvgIpc) is 3.23. The fourth-order valence-corrected chi connectivity index (χ4v) is 3.46. The summed E-state index contributed by atoms with van der Waals surface area (Å²) < 4.78 is 15.6. The lowest BCUT2D eigenvalue weighted by Gasteiger charge is -2.22. The van der Waals surface area contributed by atoms with E-state index in [0.717, 1.165) is 0 Å². The highest BCUT2D eigenvalue weighted by molar-refractivity contribution is 6.30. The first-order chi connectivity index (χ1) is 14.6. The molecule has 3 aromatic heterocycles. The SMILES string of the molecule is C=C1C=CN(c2cncc(Cl)c2)N=C1c1ccnn1-c1ccnc2ccc(F)cc12. The summed E-state index contributed by atoms with van der Waals surface area (Å²) in [6, 6.07) is 9.87. The molecule has 0 aliphatic carbocycles. The molecular formula is C22H14ClFN6. The second-order valence-electron chi connectivity index (χ2n) is 6.62. The fourth-order valence-electron chi connectivity index (χ4n) is 3.29. The lowest BCUT2D eigenvalue weighted by molar-refractivity contribution is 0.629. The molecule has 30 heavy (non-hydrogen) atoms. The monoisotopic (exact) mass is 416 g/mol. The Morgan fingerprint density at radius 3 is 2.80 bits per heavy atom. The maximum atomic E-state index is 13.9. The number of nitrogens with zero attached hydrogens (tertiary/aromatic N) is 6. The lowest BCUT2D eigenvalue weighted by Crippen LogP contribution is -2.21. The minimum absolute atomic E-state index is 0.340. The van der Waals surface area contributed by atoms with Gasteiger partial charge in [0.2, 0.25) is 0 Å². The van der Waals surface area contributed by atoms with Crippen molar-refractivity contribution in [3.05, 3.63) is 102 Å². The summed E-state index contributed by atoms with van der Waals surface area (Å²) >= 11 is 6.07. The van der Waals surface area contributed by atoms with E-state index in [4.69, 9.17) is 16.7 Å². The number of anilines is 1. The second-order valence-corrected chi connectivity index (χ2v) is 7.05. The average molecular weight is 417 g/mol. The zero-order valence-corrected chi connectivity index (χ0v) is 16.3. The minimum Gasteiger partial charge on any atom is -0.261 e. The van der Waals surface area contributed by atoms with E-state index in [1.807, 2.05) is 12.1 Å². The van der Waals surface area contributed by atoms with Crippen molar-refractivity contribution in [1.29, 1.82) is 0 Å². The summed E-state index contributed by atoms with van der Waals surface area (Å²) in [7, 11) is 0. The Morgan fingerprint density at radius 2 is 1.93 bits per heavy atom. The van der Waals surface area contributed by atoms with Crippen LogP contribution in [0.1, 0.15) is 5.69 Å². The third-order valence-electron chi connectivity index (χ3n) is 4.68. The van der Waals surface area contributed by atoms with Gasteiger partial charge in [-0.3, -0.25) is 9.97 Å². The summed E-state index contributed by atoms with van der Waals surface area (Å²) in [4.78, 5) is 8.43. The summed E-state index contributed by atoms with van der Waals surface area (Å²) in [6.45, 7) is 4.11. The van der Waals surface area contributed by atoms with Crippen LogP contribution in [0, 0.1) is 5.82 Å². The molecule has 4 aromatic rings. The summed E-state index contributed by atoms with van der Waals surface area (Å²) in [5, 5.41) is 12.0. The van der Waals surface area contributed by atoms with Crippen LogP contribution in [0.3, 0.4) is 0 Å². The van der Waals surface area contributed by atoms with Gasteiger partial charge in [0.15, 0.2) is 0 Å². The summed E-state index contributed by atoms with van der Waals surface area (Å²) in [6.07, 6.45) is 10.2. The van der Waals surface area contributed by atoms with Crippen LogP contribution in [0.15, 0.2) is 90.7 Å². The van der Waals surface area contributed by atoms with Crippen LogP contribution >= 0.6 is 11.6 Å². The van der Waals surface area contributed by atoms with E-state index in [1.54, 1.807) is 58.9 Å².